The molecule has 41 nitrogen and oxygen atoms in total. The number of Topliss-reactive ketones (excluding diaryl/α,β-unsaturated/α-hetero) is 1. The van der Waals surface area contributed by atoms with Crippen molar-refractivity contribution in [3.05, 3.63) is 0 Å². The van der Waals surface area contributed by atoms with E-state index >= 15 is 0 Å². The zero-order chi connectivity index (χ0) is 93.8. The highest BCUT2D eigenvalue weighted by Crippen LogP contribution is 2.11. The van der Waals surface area contributed by atoms with Gasteiger partial charge in [0.15, 0.2) is 5.78 Å². The maximum Gasteiger partial charge on any atom is 0.243 e. The molecule has 0 spiro atoms. The van der Waals surface area contributed by atoms with Crippen LogP contribution in [-0.4, -0.2) is 428 Å². The molecule has 0 saturated heterocycles. The summed E-state index contributed by atoms with van der Waals surface area (Å²) in [5, 5.41) is 20.1. The predicted octanol–water partition coefficient (Wildman–Crippen LogP) is 1.95. The molecule has 0 saturated carbocycles. The third kappa shape index (κ3) is 91.8. The second-order valence-corrected chi connectivity index (χ2v) is 28.7. The fourth-order valence-electron chi connectivity index (χ4n) is 11.2. The molecule has 0 radical (unpaired) electrons. The Morgan fingerprint density at radius 1 is 0.202 bits per heavy atom. The lowest BCUT2D eigenvalue weighted by atomic mass is 10.0. The molecule has 0 rings (SSSR count). The molecular formula is C88H170N8O33. The minimum absolute atomic E-state index is 0.00841. The molecule has 9 N–H and O–H groups in total. The van der Waals surface area contributed by atoms with E-state index in [1.165, 1.54) is 6.92 Å². The summed E-state index contributed by atoms with van der Waals surface area (Å²) < 4.78 is 137. The largest absolute Gasteiger partial charge is 0.379 e. The van der Waals surface area contributed by atoms with Crippen LogP contribution in [-0.2, 0) is 157 Å². The van der Waals surface area contributed by atoms with Crippen molar-refractivity contribution >= 4 is 47.1 Å². The molecule has 760 valence electrons. The Hall–Kier alpha value is -5.08. The SMILES string of the molecule is CCOCCOCCOCCOCCOCCOCCCC(=O)NCCCCC(NC(=O)CCOCCOCCOCCOCCOCCOCCOCC)C(=O)N[C@H](CCCCNC(=O)C(CCCCNC(=O)CCOCCOCCOCCOCCOCCOCC)NC(=O)CCOCCOCCOCCOCCOCCOCC)C(=O)NC(CCCCN)C(C)=O. The summed E-state index contributed by atoms with van der Waals surface area (Å²) in [5.41, 5.74) is 5.78. The second kappa shape index (κ2) is 102. The van der Waals surface area contributed by atoms with E-state index in [-0.39, 0.29) is 128 Å². The van der Waals surface area contributed by atoms with Crippen LogP contribution in [0.1, 0.15) is 144 Å². The molecule has 4 atom stereocenters. The lowest BCUT2D eigenvalue weighted by Gasteiger charge is -2.25. The fraction of sp³-hybridized carbons (Fsp3) is 0.909. The summed E-state index contributed by atoms with van der Waals surface area (Å²) in [5.74, 6) is -3.33. The number of ketones is 1. The zero-order valence-corrected chi connectivity index (χ0v) is 79.1. The van der Waals surface area contributed by atoms with Gasteiger partial charge < -0.3 is 161 Å². The van der Waals surface area contributed by atoms with Crippen LogP contribution in [0.3, 0.4) is 0 Å². The molecule has 0 aliphatic rings. The summed E-state index contributed by atoms with van der Waals surface area (Å²) >= 11 is 0. The smallest absolute Gasteiger partial charge is 0.243 e. The van der Waals surface area contributed by atoms with Crippen molar-refractivity contribution in [2.45, 2.75) is 168 Å². The molecule has 0 fully saturated rings. The normalized spacial score (nSPS) is 12.4. The Morgan fingerprint density at radius 2 is 0.403 bits per heavy atom. The Morgan fingerprint density at radius 3 is 0.667 bits per heavy atom. The molecule has 129 heavy (non-hydrogen) atoms. The van der Waals surface area contributed by atoms with E-state index in [2.05, 4.69) is 37.2 Å². The molecule has 0 aliphatic heterocycles. The van der Waals surface area contributed by atoms with Gasteiger partial charge in [-0.15, -0.1) is 0 Å². The van der Waals surface area contributed by atoms with E-state index in [0.29, 0.717) is 355 Å². The van der Waals surface area contributed by atoms with Gasteiger partial charge in [-0.1, -0.05) is 0 Å². The van der Waals surface area contributed by atoms with Crippen molar-refractivity contribution in [1.82, 2.24) is 37.2 Å². The van der Waals surface area contributed by atoms with Crippen LogP contribution < -0.4 is 43.0 Å². The average molecular weight is 1870 g/mol. The Labute approximate surface area is 768 Å². The van der Waals surface area contributed by atoms with Gasteiger partial charge in [0.2, 0.25) is 41.4 Å². The van der Waals surface area contributed by atoms with Gasteiger partial charge in [-0.3, -0.25) is 38.4 Å². The lowest BCUT2D eigenvalue weighted by molar-refractivity contribution is -0.133. The van der Waals surface area contributed by atoms with E-state index < -0.39 is 53.7 Å². The van der Waals surface area contributed by atoms with Gasteiger partial charge in [-0.2, -0.15) is 0 Å². The first-order valence-electron chi connectivity index (χ1n) is 47.0. The number of rotatable bonds is 107. The minimum atomic E-state index is -1.20. The van der Waals surface area contributed by atoms with Gasteiger partial charge in [0.1, 0.15) is 18.1 Å². The zero-order valence-electron chi connectivity index (χ0n) is 79.1. The molecular weight excluding hydrogens is 1700 g/mol. The van der Waals surface area contributed by atoms with Crippen molar-refractivity contribution in [1.29, 1.82) is 0 Å². The number of nitrogens with one attached hydrogen (secondary N) is 7. The van der Waals surface area contributed by atoms with Crippen molar-refractivity contribution in [3.63, 3.8) is 0 Å². The van der Waals surface area contributed by atoms with Gasteiger partial charge in [0.05, 0.1) is 303 Å². The van der Waals surface area contributed by atoms with Crippen LogP contribution in [0, 0.1) is 0 Å². The fourth-order valence-corrected chi connectivity index (χ4v) is 11.2. The van der Waals surface area contributed by atoms with E-state index in [9.17, 15) is 38.4 Å². The van der Waals surface area contributed by atoms with Crippen LogP contribution in [0.2, 0.25) is 0 Å². The Kier molecular flexibility index (Phi) is 97.9. The molecule has 7 amide bonds. The highest BCUT2D eigenvalue weighted by molar-refractivity contribution is 5.94. The lowest BCUT2D eigenvalue weighted by Crippen LogP contribution is -2.55. The quantitative estimate of drug-likeness (QED) is 0.0403. The van der Waals surface area contributed by atoms with Crippen LogP contribution in [0.15, 0.2) is 0 Å². The number of nitrogens with two attached hydrogens (primary N) is 1. The van der Waals surface area contributed by atoms with Gasteiger partial charge in [-0.05, 0) is 125 Å². The second-order valence-electron chi connectivity index (χ2n) is 28.7. The number of carbonyl (C=O) groups is 8. The van der Waals surface area contributed by atoms with Gasteiger partial charge >= 0.3 is 0 Å². The first-order valence-corrected chi connectivity index (χ1v) is 47.0. The molecule has 0 aromatic carbocycles. The first-order chi connectivity index (χ1) is 63.3. The van der Waals surface area contributed by atoms with E-state index in [0.717, 1.165) is 0 Å². The molecule has 3 unspecified atom stereocenters. The maximum atomic E-state index is 14.6. The standard InChI is InChI=1S/C88H170N8O33/c1-6-105-35-39-113-51-55-121-67-71-125-63-59-117-47-43-109-31-18-23-82(98)90-28-16-12-21-80(94-85(101)26-34-112-46-50-120-62-66-128-75-76-129-74-70-124-58-54-116-42-38-108-9-4)87(103)96-81(88(104)95-78(77(5)97)19-10-14-27-89)22-13-17-30-92-86(102)79(93-84(100)25-33-111-45-49-119-61-65-127-73-69-123-57-53-115-41-37-107-8-3)20-11-15-29-91-83(99)24-32-110-44-48-118-60-64-126-72-68-122-56-52-114-40-36-106-7-2/h78-81H,6-76,89H2,1-5H3,(H,90,98)(H,91,99)(H,92,102)(H,93,100)(H,94,101)(H,95,104)(H,96,103)/t78?,79?,80?,81-/m1/s1. The molecule has 0 bridgehead atoms. The van der Waals surface area contributed by atoms with Crippen LogP contribution in [0.5, 0.6) is 0 Å². The Balaban J connectivity index is 5.88. The summed E-state index contributed by atoms with van der Waals surface area (Å²) in [4.78, 5) is 109. The number of amides is 7. The Bertz CT molecular complexity index is 2510. The van der Waals surface area contributed by atoms with E-state index in [4.69, 9.17) is 124 Å². The van der Waals surface area contributed by atoms with Crippen molar-refractivity contribution in [2.75, 3.05) is 357 Å². The van der Waals surface area contributed by atoms with Crippen LogP contribution >= 0.6 is 0 Å². The number of hydrogen-bond acceptors (Lipinski definition) is 34. The highest BCUT2D eigenvalue weighted by atomic mass is 16.6. The molecule has 41 heteroatoms. The summed E-state index contributed by atoms with van der Waals surface area (Å²) in [6, 6.07) is -4.17. The predicted molar refractivity (Wildman–Crippen MR) is 478 cm³/mol. The number of unbranched alkanes of at least 4 members (excludes halogenated alkanes) is 4. The topological polar surface area (TPSA) is 478 Å². The van der Waals surface area contributed by atoms with Gasteiger partial charge in [0.25, 0.3) is 0 Å². The van der Waals surface area contributed by atoms with E-state index in [1.54, 1.807) is 0 Å². The third-order valence-corrected chi connectivity index (χ3v) is 18.1. The van der Waals surface area contributed by atoms with Crippen molar-refractivity contribution in [2.24, 2.45) is 5.73 Å². The monoisotopic (exact) mass is 1870 g/mol. The summed E-state index contributed by atoms with van der Waals surface area (Å²) in [7, 11) is 0. The molecule has 0 aliphatic carbocycles. The molecule has 0 aromatic heterocycles. The van der Waals surface area contributed by atoms with Gasteiger partial charge in [0, 0.05) is 78.4 Å². The number of carbonyl (C=O) groups excluding carboxylic acids is 8. The minimum Gasteiger partial charge on any atom is -0.379 e. The van der Waals surface area contributed by atoms with Crippen LogP contribution in [0.25, 0.3) is 0 Å². The van der Waals surface area contributed by atoms with Gasteiger partial charge in [-0.25, -0.2) is 0 Å². The van der Waals surface area contributed by atoms with E-state index in [1.807, 2.05) is 27.7 Å². The molecule has 0 aromatic rings. The summed E-state index contributed by atoms with van der Waals surface area (Å²) in [6.45, 7) is 30.9. The third-order valence-electron chi connectivity index (χ3n) is 18.1. The van der Waals surface area contributed by atoms with Crippen molar-refractivity contribution in [3.8, 4) is 0 Å². The molecule has 0 heterocycles. The van der Waals surface area contributed by atoms with Crippen molar-refractivity contribution < 1.29 is 157 Å². The van der Waals surface area contributed by atoms with Crippen LogP contribution in [0.4, 0.5) is 0 Å². The number of hydrogen-bond donors (Lipinski definition) is 8. The maximum absolute atomic E-state index is 14.6. The summed E-state index contributed by atoms with van der Waals surface area (Å²) in [6.07, 6.45) is 4.94. The average Bonchev–Trinajstić information content (AvgIpc) is 0.876. The first kappa shape index (κ1) is 124. The highest BCUT2D eigenvalue weighted by Gasteiger charge is 2.29. The number of ether oxygens (including phenoxy) is 25.